The van der Waals surface area contributed by atoms with E-state index in [1.807, 2.05) is 0 Å². The molecule has 0 saturated carbocycles. The number of hydrogen-bond donors (Lipinski definition) is 3. The summed E-state index contributed by atoms with van der Waals surface area (Å²) in [7, 11) is 0. The van der Waals surface area contributed by atoms with Crippen molar-refractivity contribution in [2.45, 2.75) is 19.8 Å². The highest BCUT2D eigenvalue weighted by Gasteiger charge is 2.23. The van der Waals surface area contributed by atoms with Crippen molar-refractivity contribution in [3.63, 3.8) is 0 Å². The first-order chi connectivity index (χ1) is 11.1. The third-order valence-corrected chi connectivity index (χ3v) is 4.16. The molecule has 7 heteroatoms. The van der Waals surface area contributed by atoms with Gasteiger partial charge in [0.05, 0.1) is 13.1 Å². The molecule has 1 saturated heterocycles. The molecule has 1 aromatic carbocycles. The average Bonchev–Trinajstić information content (AvgIpc) is 2.94. The Morgan fingerprint density at radius 3 is 2.96 bits per heavy atom. The molecule has 23 heavy (non-hydrogen) atoms. The Morgan fingerprint density at radius 1 is 1.30 bits per heavy atom. The minimum atomic E-state index is -0.529. The van der Waals surface area contributed by atoms with E-state index in [1.54, 1.807) is 18.2 Å². The van der Waals surface area contributed by atoms with Gasteiger partial charge >= 0.3 is 6.03 Å². The number of quaternary nitrogens is 1. The second-order valence-corrected chi connectivity index (χ2v) is 6.20. The number of imide groups is 1. The molecular weight excluding hydrogens is 298 g/mol. The van der Waals surface area contributed by atoms with Crippen LogP contribution in [0, 0.1) is 5.92 Å². The summed E-state index contributed by atoms with van der Waals surface area (Å²) >= 11 is 0. The maximum Gasteiger partial charge on any atom is 0.326 e. The molecule has 2 aliphatic rings. The Hall–Kier alpha value is -2.28. The minimum Gasteiger partial charge on any atom is -0.454 e. The van der Waals surface area contributed by atoms with E-state index in [2.05, 4.69) is 17.6 Å². The van der Waals surface area contributed by atoms with Gasteiger partial charge in [-0.15, -0.1) is 0 Å². The lowest BCUT2D eigenvalue weighted by Gasteiger charge is -2.27. The number of carbonyl (C=O) groups is 2. The number of carbonyl (C=O) groups excluding carboxylic acids is 2. The molecule has 1 fully saturated rings. The molecule has 1 aromatic rings. The third-order valence-electron chi connectivity index (χ3n) is 4.16. The highest BCUT2D eigenvalue weighted by Crippen LogP contribution is 2.34. The summed E-state index contributed by atoms with van der Waals surface area (Å²) in [5, 5.41) is 5.01. The molecule has 3 amide bonds. The van der Waals surface area contributed by atoms with Crippen LogP contribution >= 0.6 is 0 Å². The van der Waals surface area contributed by atoms with Crippen LogP contribution in [0.3, 0.4) is 0 Å². The Labute approximate surface area is 134 Å². The smallest absolute Gasteiger partial charge is 0.326 e. The van der Waals surface area contributed by atoms with Crippen molar-refractivity contribution in [2.75, 3.05) is 31.7 Å². The van der Waals surface area contributed by atoms with Crippen molar-refractivity contribution in [3.8, 4) is 11.5 Å². The lowest BCUT2D eigenvalue weighted by molar-refractivity contribution is -0.900. The van der Waals surface area contributed by atoms with Crippen LogP contribution < -0.4 is 25.0 Å². The fourth-order valence-electron chi connectivity index (χ4n) is 3.09. The van der Waals surface area contributed by atoms with Crippen LogP contribution in [-0.2, 0) is 4.79 Å². The summed E-state index contributed by atoms with van der Waals surface area (Å²) in [5.74, 6) is 1.61. The summed E-state index contributed by atoms with van der Waals surface area (Å²) in [4.78, 5) is 25.1. The molecule has 0 bridgehead atoms. The number of hydrogen-bond acceptors (Lipinski definition) is 4. The maximum atomic E-state index is 12.0. The van der Waals surface area contributed by atoms with Crippen LogP contribution in [0.2, 0.25) is 0 Å². The lowest BCUT2D eigenvalue weighted by Crippen LogP contribution is -3.14. The van der Waals surface area contributed by atoms with Gasteiger partial charge < -0.3 is 19.7 Å². The molecule has 124 valence electrons. The Bertz CT molecular complexity index is 605. The summed E-state index contributed by atoms with van der Waals surface area (Å²) in [6.07, 6.45) is 2.35. The van der Waals surface area contributed by atoms with Gasteiger partial charge in [0, 0.05) is 17.7 Å². The van der Waals surface area contributed by atoms with Gasteiger partial charge in [-0.25, -0.2) is 4.79 Å². The van der Waals surface area contributed by atoms with Gasteiger partial charge in [-0.1, -0.05) is 6.92 Å². The van der Waals surface area contributed by atoms with E-state index in [1.165, 1.54) is 11.3 Å². The molecule has 2 aliphatic heterocycles. The van der Waals surface area contributed by atoms with Gasteiger partial charge in [-0.05, 0) is 25.0 Å². The molecule has 0 aromatic heterocycles. The molecule has 1 unspecified atom stereocenters. The standard InChI is InChI=1S/C16H21N3O4/c1-11-3-2-6-19(8-11)9-15(20)18-16(21)17-12-4-5-13-14(7-12)23-10-22-13/h4-5,7,11H,2-3,6,8-10H2,1H3,(H2,17,18,20,21)/p+1/t11-/m0/s1. The third kappa shape index (κ3) is 4.13. The summed E-state index contributed by atoms with van der Waals surface area (Å²) in [5.41, 5.74) is 0.554. The SMILES string of the molecule is C[C@H]1CCC[NH+](CC(=O)NC(=O)Nc2ccc3c(c2)OCO3)C1. The molecule has 0 radical (unpaired) electrons. The zero-order chi connectivity index (χ0) is 16.2. The van der Waals surface area contributed by atoms with E-state index in [0.29, 0.717) is 29.6 Å². The van der Waals surface area contributed by atoms with Crippen molar-refractivity contribution in [3.05, 3.63) is 18.2 Å². The van der Waals surface area contributed by atoms with Gasteiger partial charge in [-0.3, -0.25) is 10.1 Å². The lowest BCUT2D eigenvalue weighted by atomic mass is 10.0. The van der Waals surface area contributed by atoms with E-state index in [4.69, 9.17) is 9.47 Å². The van der Waals surface area contributed by atoms with E-state index in [0.717, 1.165) is 19.5 Å². The van der Waals surface area contributed by atoms with Crippen molar-refractivity contribution in [1.82, 2.24) is 5.32 Å². The number of ether oxygens (including phenoxy) is 2. The Morgan fingerprint density at radius 2 is 2.13 bits per heavy atom. The number of piperidine rings is 1. The summed E-state index contributed by atoms with van der Waals surface area (Å²) in [6, 6.07) is 4.57. The number of urea groups is 1. The Balaban J connectivity index is 1.48. The molecule has 7 nitrogen and oxygen atoms in total. The fraction of sp³-hybridized carbons (Fsp3) is 0.500. The highest BCUT2D eigenvalue weighted by molar-refractivity contribution is 6.01. The summed E-state index contributed by atoms with van der Waals surface area (Å²) in [6.45, 7) is 4.68. The first kappa shape index (κ1) is 15.6. The van der Waals surface area contributed by atoms with Crippen LogP contribution in [-0.4, -0.2) is 38.4 Å². The second kappa shape index (κ2) is 6.87. The number of anilines is 1. The predicted octanol–water partition coefficient (Wildman–Crippen LogP) is 0.378. The molecule has 0 aliphatic carbocycles. The largest absolute Gasteiger partial charge is 0.454 e. The summed E-state index contributed by atoms with van der Waals surface area (Å²) < 4.78 is 10.5. The van der Waals surface area contributed by atoms with Gasteiger partial charge in [0.15, 0.2) is 18.0 Å². The predicted molar refractivity (Wildman–Crippen MR) is 83.7 cm³/mol. The van der Waals surface area contributed by atoms with E-state index in [9.17, 15) is 9.59 Å². The van der Waals surface area contributed by atoms with Gasteiger partial charge in [-0.2, -0.15) is 0 Å². The second-order valence-electron chi connectivity index (χ2n) is 6.20. The van der Waals surface area contributed by atoms with Crippen LogP contribution in [0.15, 0.2) is 18.2 Å². The van der Waals surface area contributed by atoms with Crippen molar-refractivity contribution >= 4 is 17.6 Å². The number of likely N-dealkylation sites (tertiary alicyclic amines) is 1. The first-order valence-electron chi connectivity index (χ1n) is 7.94. The van der Waals surface area contributed by atoms with Crippen molar-refractivity contribution in [1.29, 1.82) is 0 Å². The Kier molecular flexibility index (Phi) is 4.66. The highest BCUT2D eigenvalue weighted by atomic mass is 16.7. The zero-order valence-corrected chi connectivity index (χ0v) is 13.2. The average molecular weight is 320 g/mol. The van der Waals surface area contributed by atoms with Crippen molar-refractivity contribution in [2.24, 2.45) is 5.92 Å². The number of amides is 3. The van der Waals surface area contributed by atoms with Gasteiger partial charge in [0.25, 0.3) is 5.91 Å². The first-order valence-corrected chi connectivity index (χ1v) is 7.94. The number of nitrogens with one attached hydrogen (secondary N) is 3. The number of fused-ring (bicyclic) bond motifs is 1. The quantitative estimate of drug-likeness (QED) is 0.752. The van der Waals surface area contributed by atoms with Crippen LogP contribution in [0.25, 0.3) is 0 Å². The molecule has 2 heterocycles. The van der Waals surface area contributed by atoms with Crippen molar-refractivity contribution < 1.29 is 24.0 Å². The zero-order valence-electron chi connectivity index (χ0n) is 13.2. The van der Waals surface area contributed by atoms with E-state index < -0.39 is 6.03 Å². The molecule has 2 atom stereocenters. The molecule has 0 spiro atoms. The topological polar surface area (TPSA) is 81.1 Å². The van der Waals surface area contributed by atoms with Crippen LogP contribution in [0.5, 0.6) is 11.5 Å². The fourth-order valence-corrected chi connectivity index (χ4v) is 3.09. The van der Waals surface area contributed by atoms with E-state index >= 15 is 0 Å². The maximum absolute atomic E-state index is 12.0. The molecular formula is C16H22N3O4+. The minimum absolute atomic E-state index is 0.181. The molecule has 3 rings (SSSR count). The normalized spacial score (nSPS) is 22.5. The van der Waals surface area contributed by atoms with Gasteiger partial charge in [0.1, 0.15) is 0 Å². The monoisotopic (exact) mass is 320 g/mol. The number of benzene rings is 1. The van der Waals surface area contributed by atoms with Gasteiger partial charge in [0.2, 0.25) is 6.79 Å². The number of rotatable bonds is 3. The van der Waals surface area contributed by atoms with Crippen LogP contribution in [0.1, 0.15) is 19.8 Å². The molecule has 3 N–H and O–H groups in total. The van der Waals surface area contributed by atoms with E-state index in [-0.39, 0.29) is 12.7 Å². The van der Waals surface area contributed by atoms with Crippen LogP contribution in [0.4, 0.5) is 10.5 Å².